The van der Waals surface area contributed by atoms with E-state index in [1.807, 2.05) is 17.5 Å². The molecule has 0 N–H and O–H groups in total. The van der Waals surface area contributed by atoms with E-state index in [1.54, 1.807) is 54.0 Å². The van der Waals surface area contributed by atoms with Gasteiger partial charge >= 0.3 is 5.97 Å². The maximum Gasteiger partial charge on any atom is 0.307 e. The van der Waals surface area contributed by atoms with Gasteiger partial charge in [-0.3, -0.25) is 14.6 Å². The van der Waals surface area contributed by atoms with Crippen LogP contribution in [0.2, 0.25) is 0 Å². The maximum atomic E-state index is 13.2. The van der Waals surface area contributed by atoms with Gasteiger partial charge in [-0.25, -0.2) is 4.98 Å². The molecular weight excluding hydrogens is 402 g/mol. The van der Waals surface area contributed by atoms with E-state index in [1.165, 1.54) is 11.3 Å². The molecule has 0 bridgehead atoms. The Balaban J connectivity index is 1.72. The van der Waals surface area contributed by atoms with Crippen LogP contribution >= 0.6 is 11.3 Å². The highest BCUT2D eigenvalue weighted by Gasteiger charge is 2.18. The Bertz CT molecular complexity index is 948. The number of nitrogens with zero attached hydrogens (tertiary/aromatic N) is 3. The summed E-state index contributed by atoms with van der Waals surface area (Å²) in [5, 5.41) is 1.92. The van der Waals surface area contributed by atoms with Crippen LogP contribution in [0.1, 0.15) is 35.0 Å². The zero-order valence-electron chi connectivity index (χ0n) is 16.7. The van der Waals surface area contributed by atoms with E-state index in [2.05, 4.69) is 9.97 Å². The van der Waals surface area contributed by atoms with Crippen LogP contribution in [0.5, 0.6) is 5.75 Å². The quantitative estimate of drug-likeness (QED) is 0.461. The minimum absolute atomic E-state index is 0.125. The zero-order chi connectivity index (χ0) is 21.2. The molecule has 3 aromatic rings. The number of carbonyl (C=O) groups is 2. The second-order valence-electron chi connectivity index (χ2n) is 6.44. The van der Waals surface area contributed by atoms with Gasteiger partial charge in [-0.1, -0.05) is 12.1 Å². The number of amides is 1. The summed E-state index contributed by atoms with van der Waals surface area (Å²) in [6, 6.07) is 10.7. The fourth-order valence-corrected chi connectivity index (χ4v) is 3.33. The SMILES string of the molecule is CCOC(=O)CCN(Cc1cccnc1)C(=O)c1cccc(OCc2cscn2)c1. The van der Waals surface area contributed by atoms with Gasteiger partial charge in [0, 0.05) is 36.4 Å². The third-order valence-electron chi connectivity index (χ3n) is 4.23. The molecular formula is C22H23N3O4S. The Morgan fingerprint density at radius 3 is 2.83 bits per heavy atom. The molecule has 2 heterocycles. The molecule has 0 atom stereocenters. The monoisotopic (exact) mass is 425 g/mol. The van der Waals surface area contributed by atoms with E-state index < -0.39 is 0 Å². The highest BCUT2D eigenvalue weighted by Crippen LogP contribution is 2.18. The molecule has 1 aromatic carbocycles. The lowest BCUT2D eigenvalue weighted by Crippen LogP contribution is -2.33. The molecule has 156 valence electrons. The highest BCUT2D eigenvalue weighted by molar-refractivity contribution is 7.07. The summed E-state index contributed by atoms with van der Waals surface area (Å²) in [5.41, 5.74) is 3.95. The summed E-state index contributed by atoms with van der Waals surface area (Å²) in [6.45, 7) is 3.00. The molecule has 7 nitrogen and oxygen atoms in total. The Labute approximate surface area is 179 Å². The first kappa shape index (κ1) is 21.4. The largest absolute Gasteiger partial charge is 0.487 e. The first-order valence-electron chi connectivity index (χ1n) is 9.59. The number of rotatable bonds is 10. The molecule has 0 radical (unpaired) electrons. The zero-order valence-corrected chi connectivity index (χ0v) is 17.5. The standard InChI is InChI=1S/C22H23N3O4S/c1-2-28-21(26)8-10-25(13-17-5-4-9-23-12-17)22(27)18-6-3-7-20(11-18)29-14-19-15-30-16-24-19/h3-7,9,11-12,15-16H,2,8,10,13-14H2,1H3. The second-order valence-corrected chi connectivity index (χ2v) is 7.16. The van der Waals surface area contributed by atoms with Gasteiger partial charge in [-0.2, -0.15) is 0 Å². The van der Waals surface area contributed by atoms with Crippen LogP contribution in [0.25, 0.3) is 0 Å². The smallest absolute Gasteiger partial charge is 0.307 e. The number of benzene rings is 1. The number of hydrogen-bond donors (Lipinski definition) is 0. The number of aromatic nitrogens is 2. The molecule has 0 saturated carbocycles. The maximum absolute atomic E-state index is 13.2. The molecule has 3 rings (SSSR count). The van der Waals surface area contributed by atoms with Gasteiger partial charge in [0.2, 0.25) is 0 Å². The molecule has 0 fully saturated rings. The minimum atomic E-state index is -0.332. The topological polar surface area (TPSA) is 81.6 Å². The van der Waals surface area contributed by atoms with Gasteiger partial charge in [0.15, 0.2) is 0 Å². The second kappa shape index (κ2) is 11.1. The van der Waals surface area contributed by atoms with Gasteiger partial charge in [-0.05, 0) is 36.8 Å². The van der Waals surface area contributed by atoms with E-state index >= 15 is 0 Å². The lowest BCUT2D eigenvalue weighted by molar-refractivity contribution is -0.143. The van der Waals surface area contributed by atoms with Crippen molar-refractivity contribution in [2.45, 2.75) is 26.5 Å². The van der Waals surface area contributed by atoms with Crippen LogP contribution in [0.15, 0.2) is 59.7 Å². The van der Waals surface area contributed by atoms with Crippen molar-refractivity contribution in [1.82, 2.24) is 14.9 Å². The summed E-state index contributed by atoms with van der Waals surface area (Å²) >= 11 is 1.50. The predicted molar refractivity (Wildman–Crippen MR) is 113 cm³/mol. The van der Waals surface area contributed by atoms with Gasteiger partial charge < -0.3 is 14.4 Å². The Kier molecular flexibility index (Phi) is 7.91. The average Bonchev–Trinajstić information content (AvgIpc) is 3.29. The van der Waals surface area contributed by atoms with E-state index in [4.69, 9.17) is 9.47 Å². The Morgan fingerprint density at radius 1 is 1.20 bits per heavy atom. The van der Waals surface area contributed by atoms with Gasteiger partial charge in [0.05, 0.1) is 24.2 Å². The summed E-state index contributed by atoms with van der Waals surface area (Å²) in [5.74, 6) is 0.0599. The van der Waals surface area contributed by atoms with Crippen molar-refractivity contribution < 1.29 is 19.1 Å². The number of esters is 1. The minimum Gasteiger partial charge on any atom is -0.487 e. The lowest BCUT2D eigenvalue weighted by atomic mass is 10.1. The summed E-state index contributed by atoms with van der Waals surface area (Å²) in [7, 11) is 0. The van der Waals surface area contributed by atoms with Crippen LogP contribution in [-0.2, 0) is 22.7 Å². The fraction of sp³-hybridized carbons (Fsp3) is 0.273. The van der Waals surface area contributed by atoms with E-state index in [9.17, 15) is 9.59 Å². The highest BCUT2D eigenvalue weighted by atomic mass is 32.1. The van der Waals surface area contributed by atoms with Crippen molar-refractivity contribution in [3.8, 4) is 5.75 Å². The third-order valence-corrected chi connectivity index (χ3v) is 4.86. The number of hydrogen-bond acceptors (Lipinski definition) is 7. The van der Waals surface area contributed by atoms with Crippen LogP contribution in [0.4, 0.5) is 0 Å². The first-order valence-corrected chi connectivity index (χ1v) is 10.5. The van der Waals surface area contributed by atoms with Crippen molar-refractivity contribution in [2.24, 2.45) is 0 Å². The Morgan fingerprint density at radius 2 is 2.10 bits per heavy atom. The van der Waals surface area contributed by atoms with E-state index in [0.29, 0.717) is 31.1 Å². The molecule has 0 aliphatic rings. The lowest BCUT2D eigenvalue weighted by Gasteiger charge is -2.23. The molecule has 8 heteroatoms. The van der Waals surface area contributed by atoms with E-state index in [-0.39, 0.29) is 24.8 Å². The van der Waals surface area contributed by atoms with Crippen molar-refractivity contribution in [3.05, 3.63) is 76.5 Å². The summed E-state index contributed by atoms with van der Waals surface area (Å²) in [4.78, 5) is 34.9. The first-order chi connectivity index (χ1) is 14.7. The molecule has 1 amide bonds. The number of thiazole rings is 1. The predicted octanol–water partition coefficient (Wildman–Crippen LogP) is 3.71. The van der Waals surface area contributed by atoms with Crippen molar-refractivity contribution in [2.75, 3.05) is 13.2 Å². The molecule has 30 heavy (non-hydrogen) atoms. The average molecular weight is 426 g/mol. The molecule has 0 unspecified atom stereocenters. The molecule has 0 spiro atoms. The number of carbonyl (C=O) groups excluding carboxylic acids is 2. The fourth-order valence-electron chi connectivity index (χ4n) is 2.79. The summed E-state index contributed by atoms with van der Waals surface area (Å²) in [6.07, 6.45) is 3.51. The van der Waals surface area contributed by atoms with Gasteiger partial charge in [0.1, 0.15) is 12.4 Å². The third kappa shape index (κ3) is 6.38. The van der Waals surface area contributed by atoms with Crippen LogP contribution < -0.4 is 4.74 Å². The molecule has 0 saturated heterocycles. The van der Waals surface area contributed by atoms with Gasteiger partial charge in [-0.15, -0.1) is 11.3 Å². The normalized spacial score (nSPS) is 10.4. The van der Waals surface area contributed by atoms with Crippen LogP contribution in [0.3, 0.4) is 0 Å². The summed E-state index contributed by atoms with van der Waals surface area (Å²) < 4.78 is 10.8. The Hall–Kier alpha value is -3.26. The van der Waals surface area contributed by atoms with Crippen molar-refractivity contribution >= 4 is 23.2 Å². The van der Waals surface area contributed by atoms with Crippen LogP contribution in [-0.4, -0.2) is 39.9 Å². The van der Waals surface area contributed by atoms with Crippen LogP contribution in [0, 0.1) is 0 Å². The molecule has 2 aromatic heterocycles. The molecule has 0 aliphatic heterocycles. The van der Waals surface area contributed by atoms with Crippen molar-refractivity contribution in [1.29, 1.82) is 0 Å². The van der Waals surface area contributed by atoms with Gasteiger partial charge in [0.25, 0.3) is 5.91 Å². The number of ether oxygens (including phenoxy) is 2. The van der Waals surface area contributed by atoms with E-state index in [0.717, 1.165) is 11.3 Å². The number of pyridine rings is 1. The molecule has 0 aliphatic carbocycles. The van der Waals surface area contributed by atoms with Crippen molar-refractivity contribution in [3.63, 3.8) is 0 Å².